The number of aliphatic hydroxyl groups excluding tert-OH is 1. The van der Waals surface area contributed by atoms with Gasteiger partial charge >= 0.3 is 0 Å². The van der Waals surface area contributed by atoms with E-state index in [1.54, 1.807) is 54.7 Å². The molecule has 2 aliphatic rings. The minimum atomic E-state index is -0.670. The maximum absolute atomic E-state index is 13.1. The van der Waals surface area contributed by atoms with Crippen LogP contribution in [0.3, 0.4) is 0 Å². The number of hydrogen-bond donors (Lipinski definition) is 1. The number of aromatic nitrogens is 1. The van der Waals surface area contributed by atoms with Gasteiger partial charge in [0.05, 0.1) is 31.9 Å². The number of hydrogen-bond acceptors (Lipinski definition) is 7. The van der Waals surface area contributed by atoms with Gasteiger partial charge in [-0.25, -0.2) is 0 Å². The number of aliphatic hydroxyl groups is 1. The van der Waals surface area contributed by atoms with Crippen molar-refractivity contribution in [2.45, 2.75) is 19.4 Å². The number of methoxy groups -OCH3 is 1. The summed E-state index contributed by atoms with van der Waals surface area (Å²) in [6, 6.07) is 8.11. The zero-order valence-electron chi connectivity index (χ0n) is 19.0. The van der Waals surface area contributed by atoms with Crippen molar-refractivity contribution in [1.29, 1.82) is 0 Å². The summed E-state index contributed by atoms with van der Waals surface area (Å²) < 4.78 is 10.6. The number of nitrogens with zero attached hydrogens (tertiary/aromatic N) is 3. The number of aryl methyl sites for hydroxylation is 1. The van der Waals surface area contributed by atoms with Crippen LogP contribution in [0.2, 0.25) is 0 Å². The largest absolute Gasteiger partial charge is 0.507 e. The highest BCUT2D eigenvalue weighted by Crippen LogP contribution is 2.40. The molecule has 2 aliphatic heterocycles. The molecular formula is C25H29N3O5. The summed E-state index contributed by atoms with van der Waals surface area (Å²) in [6.45, 7) is 6.20. The third-order valence-corrected chi connectivity index (χ3v) is 6.23. The van der Waals surface area contributed by atoms with Crippen LogP contribution in [0.5, 0.6) is 5.75 Å². The average Bonchev–Trinajstić information content (AvgIpc) is 3.10. The van der Waals surface area contributed by atoms with Crippen molar-refractivity contribution in [3.8, 4) is 5.75 Å². The number of carbonyl (C=O) groups excluding carboxylic acids is 2. The molecule has 1 aromatic heterocycles. The zero-order valence-corrected chi connectivity index (χ0v) is 19.0. The molecule has 1 atom stereocenters. The molecule has 1 N–H and O–H groups in total. The average molecular weight is 452 g/mol. The summed E-state index contributed by atoms with van der Waals surface area (Å²) in [5, 5.41) is 11.2. The number of ether oxygens (including phenoxy) is 2. The Morgan fingerprint density at radius 2 is 1.88 bits per heavy atom. The number of carbonyl (C=O) groups is 2. The molecule has 1 amide bonds. The summed E-state index contributed by atoms with van der Waals surface area (Å²) in [5.74, 6) is -0.785. The summed E-state index contributed by atoms with van der Waals surface area (Å²) in [4.78, 5) is 34.1. The number of ketones is 1. The minimum Gasteiger partial charge on any atom is -0.507 e. The first-order valence-corrected chi connectivity index (χ1v) is 11.1. The number of amides is 1. The Labute approximate surface area is 193 Å². The maximum Gasteiger partial charge on any atom is 0.295 e. The lowest BCUT2D eigenvalue weighted by Crippen LogP contribution is -2.38. The second kappa shape index (κ2) is 10.1. The van der Waals surface area contributed by atoms with Crippen LogP contribution in [0.4, 0.5) is 0 Å². The van der Waals surface area contributed by atoms with Gasteiger partial charge in [0.25, 0.3) is 11.7 Å². The summed E-state index contributed by atoms with van der Waals surface area (Å²) >= 11 is 0. The Balaban J connectivity index is 1.67. The van der Waals surface area contributed by atoms with Crippen LogP contribution in [0.1, 0.15) is 29.2 Å². The Hall–Kier alpha value is -3.23. The van der Waals surface area contributed by atoms with Crippen LogP contribution in [-0.2, 0) is 14.3 Å². The number of rotatable bonds is 7. The highest BCUT2D eigenvalue weighted by Gasteiger charge is 2.45. The molecule has 0 aliphatic carbocycles. The van der Waals surface area contributed by atoms with Crippen LogP contribution >= 0.6 is 0 Å². The highest BCUT2D eigenvalue weighted by atomic mass is 16.5. The smallest absolute Gasteiger partial charge is 0.295 e. The predicted octanol–water partition coefficient (Wildman–Crippen LogP) is 2.54. The van der Waals surface area contributed by atoms with Crippen LogP contribution in [0.15, 0.2) is 48.3 Å². The van der Waals surface area contributed by atoms with Crippen LogP contribution in [0.25, 0.3) is 5.76 Å². The van der Waals surface area contributed by atoms with E-state index in [4.69, 9.17) is 9.47 Å². The van der Waals surface area contributed by atoms with Gasteiger partial charge in [-0.15, -0.1) is 0 Å². The molecule has 0 bridgehead atoms. The molecule has 2 fully saturated rings. The Kier molecular flexibility index (Phi) is 7.05. The van der Waals surface area contributed by atoms with Crippen molar-refractivity contribution in [2.24, 2.45) is 0 Å². The molecule has 2 aromatic rings. The number of pyridine rings is 1. The molecule has 4 rings (SSSR count). The van der Waals surface area contributed by atoms with Crippen molar-refractivity contribution >= 4 is 17.4 Å². The van der Waals surface area contributed by atoms with Gasteiger partial charge in [-0.2, -0.15) is 0 Å². The van der Waals surface area contributed by atoms with Crippen molar-refractivity contribution in [3.63, 3.8) is 0 Å². The van der Waals surface area contributed by atoms with Gasteiger partial charge in [-0.3, -0.25) is 19.5 Å². The van der Waals surface area contributed by atoms with E-state index in [0.29, 0.717) is 31.1 Å². The molecule has 174 valence electrons. The van der Waals surface area contributed by atoms with Gasteiger partial charge in [0.1, 0.15) is 11.5 Å². The van der Waals surface area contributed by atoms with E-state index in [2.05, 4.69) is 9.88 Å². The Bertz CT molecular complexity index is 1050. The standard InChI is InChI=1S/C25H29N3O5/c1-17-16-19(32-2)4-5-20(17)23(29)21-22(18-6-8-26-9-7-18)28(25(31)24(21)30)11-3-10-27-12-14-33-15-13-27/h4-9,16,22,29H,3,10-15H2,1-2H3/t22-/m1/s1. The van der Waals surface area contributed by atoms with Gasteiger partial charge in [0.15, 0.2) is 0 Å². The van der Waals surface area contributed by atoms with Crippen LogP contribution < -0.4 is 4.74 Å². The second-order valence-electron chi connectivity index (χ2n) is 8.26. The molecule has 2 saturated heterocycles. The highest BCUT2D eigenvalue weighted by molar-refractivity contribution is 6.46. The fraction of sp³-hybridized carbons (Fsp3) is 0.400. The van der Waals surface area contributed by atoms with Crippen LogP contribution in [0, 0.1) is 6.92 Å². The van der Waals surface area contributed by atoms with E-state index in [9.17, 15) is 14.7 Å². The van der Waals surface area contributed by atoms with E-state index in [1.165, 1.54) is 0 Å². The fourth-order valence-electron chi connectivity index (χ4n) is 4.47. The molecule has 3 heterocycles. The van der Waals surface area contributed by atoms with Gasteiger partial charge in [-0.05, 0) is 54.8 Å². The van der Waals surface area contributed by atoms with Gasteiger partial charge < -0.3 is 19.5 Å². The Morgan fingerprint density at radius 1 is 1.15 bits per heavy atom. The first-order chi connectivity index (χ1) is 16.0. The van der Waals surface area contributed by atoms with Crippen molar-refractivity contribution in [3.05, 3.63) is 65.0 Å². The summed E-state index contributed by atoms with van der Waals surface area (Å²) in [5.41, 5.74) is 2.09. The van der Waals surface area contributed by atoms with E-state index in [0.717, 1.165) is 37.2 Å². The number of Topliss-reactive ketones (excluding diaryl/α,β-unsaturated/α-hetero) is 1. The minimum absolute atomic E-state index is 0.103. The van der Waals surface area contributed by atoms with Gasteiger partial charge in [0.2, 0.25) is 0 Å². The number of morpholine rings is 1. The van der Waals surface area contributed by atoms with Crippen LogP contribution in [-0.4, -0.2) is 78.1 Å². The van der Waals surface area contributed by atoms with Crippen molar-refractivity contribution in [2.75, 3.05) is 46.5 Å². The quantitative estimate of drug-likeness (QED) is 0.393. The molecule has 0 saturated carbocycles. The first kappa shape index (κ1) is 22.9. The molecule has 8 heteroatoms. The van der Waals surface area contributed by atoms with E-state index in [-0.39, 0.29) is 11.3 Å². The molecule has 0 spiro atoms. The second-order valence-corrected chi connectivity index (χ2v) is 8.26. The summed E-state index contributed by atoms with van der Waals surface area (Å²) in [7, 11) is 1.57. The Morgan fingerprint density at radius 3 is 2.55 bits per heavy atom. The zero-order chi connectivity index (χ0) is 23.4. The summed E-state index contributed by atoms with van der Waals surface area (Å²) in [6.07, 6.45) is 3.97. The van der Waals surface area contributed by atoms with Crippen molar-refractivity contribution in [1.82, 2.24) is 14.8 Å². The lowest BCUT2D eigenvalue weighted by Gasteiger charge is -2.29. The molecule has 0 radical (unpaired) electrons. The predicted molar refractivity (Wildman–Crippen MR) is 123 cm³/mol. The number of benzene rings is 1. The number of likely N-dealkylation sites (tertiary alicyclic amines) is 1. The molecular weight excluding hydrogens is 422 g/mol. The lowest BCUT2D eigenvalue weighted by molar-refractivity contribution is -0.140. The molecule has 33 heavy (non-hydrogen) atoms. The van der Waals surface area contributed by atoms with E-state index >= 15 is 0 Å². The third-order valence-electron chi connectivity index (χ3n) is 6.23. The SMILES string of the molecule is COc1ccc(C(O)=C2C(=O)C(=O)N(CCCN3CCOCC3)[C@@H]2c2ccncc2)c(C)c1. The monoisotopic (exact) mass is 451 g/mol. The third kappa shape index (κ3) is 4.77. The molecule has 1 aromatic carbocycles. The fourth-order valence-corrected chi connectivity index (χ4v) is 4.47. The first-order valence-electron chi connectivity index (χ1n) is 11.1. The topological polar surface area (TPSA) is 92.2 Å². The normalized spacial score (nSPS) is 20.9. The molecule has 8 nitrogen and oxygen atoms in total. The lowest BCUT2D eigenvalue weighted by atomic mass is 9.94. The van der Waals surface area contributed by atoms with E-state index < -0.39 is 17.7 Å². The maximum atomic E-state index is 13.1. The van der Waals surface area contributed by atoms with E-state index in [1.807, 2.05) is 6.92 Å². The molecule has 0 unspecified atom stereocenters. The van der Waals surface area contributed by atoms with Gasteiger partial charge in [0, 0.05) is 44.1 Å². The van der Waals surface area contributed by atoms with Gasteiger partial charge in [-0.1, -0.05) is 0 Å². The van der Waals surface area contributed by atoms with Crippen molar-refractivity contribution < 1.29 is 24.2 Å².